The molecule has 0 aliphatic carbocycles. The van der Waals surface area contributed by atoms with Gasteiger partial charge in [0.25, 0.3) is 0 Å². The van der Waals surface area contributed by atoms with Crippen molar-refractivity contribution in [2.24, 2.45) is 0 Å². The highest BCUT2D eigenvalue weighted by molar-refractivity contribution is 5.56. The van der Waals surface area contributed by atoms with Gasteiger partial charge in [0.2, 0.25) is 0 Å². The molecule has 1 aromatic heterocycles. The van der Waals surface area contributed by atoms with Crippen LogP contribution in [-0.2, 0) is 17.3 Å². The van der Waals surface area contributed by atoms with Crippen LogP contribution in [0.5, 0.6) is 0 Å². The molecule has 1 N–H and O–H groups in total. The first kappa shape index (κ1) is 11.3. The minimum absolute atomic E-state index is 0.175. The van der Waals surface area contributed by atoms with E-state index in [9.17, 15) is 18.0 Å². The fourth-order valence-corrected chi connectivity index (χ4v) is 0.700. The van der Waals surface area contributed by atoms with E-state index < -0.39 is 18.2 Å². The minimum Gasteiger partial charge on any atom is -0.450 e. The van der Waals surface area contributed by atoms with E-state index >= 15 is 0 Å². The molecule has 0 saturated carbocycles. The number of rotatable bonds is 3. The van der Waals surface area contributed by atoms with Gasteiger partial charge in [-0.15, -0.1) is 0 Å². The van der Waals surface area contributed by atoms with Crippen LogP contribution in [0.1, 0.15) is 11.7 Å². The Kier molecular flexibility index (Phi) is 3.12. The Morgan fingerprint density at radius 3 is 2.67 bits per heavy atom. The van der Waals surface area contributed by atoms with E-state index in [1.165, 1.54) is 0 Å². The van der Waals surface area contributed by atoms with Gasteiger partial charge in [-0.05, 0) is 0 Å². The van der Waals surface area contributed by atoms with Crippen molar-refractivity contribution < 1.29 is 32.3 Å². The summed E-state index contributed by atoms with van der Waals surface area (Å²) in [5.41, 5.74) is 0. The third-order valence-corrected chi connectivity index (χ3v) is 1.26. The summed E-state index contributed by atoms with van der Waals surface area (Å²) in [5.74, 6) is -1.73. The number of alkyl halides is 3. The maximum absolute atomic E-state index is 11.9. The van der Waals surface area contributed by atoms with Crippen molar-refractivity contribution in [2.75, 3.05) is 6.61 Å². The second-order valence-corrected chi connectivity index (χ2v) is 2.38. The molecule has 0 atom stereocenters. The fraction of sp³-hybridized carbons (Fsp3) is 0.500. The van der Waals surface area contributed by atoms with E-state index in [1.807, 2.05) is 0 Å². The van der Waals surface area contributed by atoms with Gasteiger partial charge < -0.3 is 14.4 Å². The highest BCUT2D eigenvalue weighted by Gasteiger charge is 2.38. The zero-order valence-electron chi connectivity index (χ0n) is 7.11. The molecule has 0 aliphatic heterocycles. The topological polar surface area (TPSA) is 85.5 Å². The first-order valence-corrected chi connectivity index (χ1v) is 3.65. The highest BCUT2D eigenvalue weighted by atomic mass is 19.4. The Labute approximate surface area is 80.6 Å². The molecule has 1 aromatic rings. The summed E-state index contributed by atoms with van der Waals surface area (Å²) in [5, 5.41) is 11.1. The molecule has 1 rings (SSSR count). The van der Waals surface area contributed by atoms with Crippen molar-refractivity contribution in [3.8, 4) is 0 Å². The predicted octanol–water partition coefficient (Wildman–Crippen LogP) is 1.33. The summed E-state index contributed by atoms with van der Waals surface area (Å²) in [6.45, 7) is -0.327. The summed E-state index contributed by atoms with van der Waals surface area (Å²) in [6, 6.07) is 0. The van der Waals surface area contributed by atoms with Crippen LogP contribution >= 0.6 is 0 Å². The molecule has 0 unspecified atom stereocenters. The Morgan fingerprint density at radius 1 is 1.53 bits per heavy atom. The van der Waals surface area contributed by atoms with Crippen LogP contribution in [0.15, 0.2) is 4.52 Å². The molecule has 0 radical (unpaired) electrons. The number of ether oxygens (including phenoxy) is 1. The predicted molar refractivity (Wildman–Crippen MR) is 37.0 cm³/mol. The van der Waals surface area contributed by atoms with Gasteiger partial charge in [-0.1, -0.05) is 5.16 Å². The Morgan fingerprint density at radius 2 is 2.20 bits per heavy atom. The summed E-state index contributed by atoms with van der Waals surface area (Å²) in [4.78, 5) is 12.9. The fourth-order valence-electron chi connectivity index (χ4n) is 0.700. The molecule has 0 bridgehead atoms. The lowest BCUT2D eigenvalue weighted by Gasteiger charge is -1.96. The average molecular weight is 226 g/mol. The molecule has 0 amide bonds. The molecule has 84 valence electrons. The van der Waals surface area contributed by atoms with E-state index in [-0.39, 0.29) is 18.9 Å². The largest absolute Gasteiger partial charge is 0.505 e. The van der Waals surface area contributed by atoms with E-state index in [0.29, 0.717) is 0 Å². The van der Waals surface area contributed by atoms with Gasteiger partial charge in [0.15, 0.2) is 5.82 Å². The van der Waals surface area contributed by atoms with Crippen molar-refractivity contribution >= 4 is 6.16 Å². The molecule has 0 fully saturated rings. The molecular weight excluding hydrogens is 221 g/mol. The van der Waals surface area contributed by atoms with Crippen molar-refractivity contribution in [3.63, 3.8) is 0 Å². The SMILES string of the molecule is O=C(O)OCCc1noc(C(F)(F)F)n1. The summed E-state index contributed by atoms with van der Waals surface area (Å²) < 4.78 is 43.7. The van der Waals surface area contributed by atoms with Crippen LogP contribution in [0.4, 0.5) is 18.0 Å². The minimum atomic E-state index is -4.70. The monoisotopic (exact) mass is 226 g/mol. The van der Waals surface area contributed by atoms with Crippen LogP contribution in [0.25, 0.3) is 0 Å². The number of halogens is 3. The maximum atomic E-state index is 11.9. The van der Waals surface area contributed by atoms with Crippen molar-refractivity contribution in [1.82, 2.24) is 10.1 Å². The van der Waals surface area contributed by atoms with Gasteiger partial charge in [0.05, 0.1) is 0 Å². The standard InChI is InChI=1S/C6H5F3N2O4/c7-6(8,9)4-10-3(11-15-4)1-2-14-5(12)13/h1-2H2,(H,12,13). The van der Waals surface area contributed by atoms with E-state index in [1.54, 1.807) is 0 Å². The van der Waals surface area contributed by atoms with Gasteiger partial charge in [-0.2, -0.15) is 18.2 Å². The van der Waals surface area contributed by atoms with Crippen LogP contribution < -0.4 is 0 Å². The van der Waals surface area contributed by atoms with Crippen molar-refractivity contribution in [2.45, 2.75) is 12.6 Å². The number of hydrogen-bond donors (Lipinski definition) is 1. The third-order valence-electron chi connectivity index (χ3n) is 1.26. The van der Waals surface area contributed by atoms with Crippen LogP contribution in [0.3, 0.4) is 0 Å². The molecule has 0 spiro atoms. The second kappa shape index (κ2) is 4.15. The quantitative estimate of drug-likeness (QED) is 0.782. The zero-order chi connectivity index (χ0) is 11.5. The summed E-state index contributed by atoms with van der Waals surface area (Å²) >= 11 is 0. The van der Waals surface area contributed by atoms with Crippen molar-refractivity contribution in [3.05, 3.63) is 11.7 Å². The van der Waals surface area contributed by atoms with Gasteiger partial charge in [0, 0.05) is 6.42 Å². The number of nitrogens with zero attached hydrogens (tertiary/aromatic N) is 2. The first-order chi connectivity index (χ1) is 6.89. The van der Waals surface area contributed by atoms with E-state index in [0.717, 1.165) is 0 Å². The Hall–Kier alpha value is -1.80. The number of carboxylic acid groups (broad SMARTS) is 1. The van der Waals surface area contributed by atoms with Gasteiger partial charge >= 0.3 is 18.2 Å². The first-order valence-electron chi connectivity index (χ1n) is 3.65. The summed E-state index contributed by atoms with van der Waals surface area (Å²) in [6.07, 6.45) is -6.39. The molecule has 1 heterocycles. The molecule has 0 aliphatic rings. The lowest BCUT2D eigenvalue weighted by molar-refractivity contribution is -0.159. The number of aromatic nitrogens is 2. The highest BCUT2D eigenvalue weighted by Crippen LogP contribution is 2.27. The second-order valence-electron chi connectivity index (χ2n) is 2.38. The maximum Gasteiger partial charge on any atom is 0.505 e. The summed E-state index contributed by atoms with van der Waals surface area (Å²) in [7, 11) is 0. The molecule has 0 aromatic carbocycles. The molecule has 0 saturated heterocycles. The van der Waals surface area contributed by atoms with Gasteiger partial charge in [-0.3, -0.25) is 0 Å². The number of hydrogen-bond acceptors (Lipinski definition) is 5. The van der Waals surface area contributed by atoms with Crippen LogP contribution in [-0.4, -0.2) is 28.0 Å². The van der Waals surface area contributed by atoms with Crippen LogP contribution in [0.2, 0.25) is 0 Å². The van der Waals surface area contributed by atoms with Crippen molar-refractivity contribution in [1.29, 1.82) is 0 Å². The Bertz CT molecular complexity index is 348. The molecular formula is C6H5F3N2O4. The van der Waals surface area contributed by atoms with Crippen LogP contribution in [0, 0.1) is 0 Å². The number of carbonyl (C=O) groups is 1. The lowest BCUT2D eigenvalue weighted by Crippen LogP contribution is -2.07. The zero-order valence-corrected chi connectivity index (χ0v) is 7.11. The van der Waals surface area contributed by atoms with E-state index in [2.05, 4.69) is 19.4 Å². The van der Waals surface area contributed by atoms with Gasteiger partial charge in [-0.25, -0.2) is 4.79 Å². The van der Waals surface area contributed by atoms with Gasteiger partial charge in [0.1, 0.15) is 6.61 Å². The molecule has 15 heavy (non-hydrogen) atoms. The third kappa shape index (κ3) is 3.44. The normalized spacial score (nSPS) is 11.4. The molecule has 9 heteroatoms. The van der Waals surface area contributed by atoms with E-state index in [4.69, 9.17) is 5.11 Å². The average Bonchev–Trinajstić information content (AvgIpc) is 2.51. The smallest absolute Gasteiger partial charge is 0.450 e. The Balaban J connectivity index is 2.50. The molecule has 6 nitrogen and oxygen atoms in total. The lowest BCUT2D eigenvalue weighted by atomic mass is 10.4.